The number of nitrogen functional groups attached to an aromatic ring is 1. The van der Waals surface area contributed by atoms with Gasteiger partial charge in [-0.2, -0.15) is 9.78 Å². The molecular formula is C27H22F4N8O3. The maximum atomic E-state index is 14.3. The number of pyridine rings is 1. The standard InChI is InChI=1S/C27H22F4N8O3/c1-42-9-8-17-10-18(27(41)39(37-17)20-7-4-15(28)11-33-20)26(40)36-16-5-2-14(3-6-16)19-12-38(23(31)22(29)30)25-21(19)24(32)34-13-35-25/h2-7,10-13,22-23H,8-9H2,1H3,(H,36,40)(H2,32,34,35). The number of fused-ring (bicyclic) bond motifs is 1. The van der Waals surface area contributed by atoms with Crippen LogP contribution in [0.15, 0.2) is 66.0 Å². The van der Waals surface area contributed by atoms with E-state index in [2.05, 4.69) is 25.4 Å². The van der Waals surface area contributed by atoms with Crippen molar-refractivity contribution in [2.24, 2.45) is 0 Å². The number of alkyl halides is 3. The minimum atomic E-state index is -3.30. The second kappa shape index (κ2) is 11.7. The summed E-state index contributed by atoms with van der Waals surface area (Å²) in [6, 6.07) is 9.80. The van der Waals surface area contributed by atoms with E-state index in [9.17, 15) is 27.2 Å². The molecule has 0 saturated heterocycles. The normalized spacial score (nSPS) is 12.1. The highest BCUT2D eigenvalue weighted by Crippen LogP contribution is 2.36. The maximum Gasteiger partial charge on any atom is 0.288 e. The predicted molar refractivity (Wildman–Crippen MR) is 145 cm³/mol. The number of halogens is 4. The van der Waals surface area contributed by atoms with Crippen molar-refractivity contribution in [3.05, 3.63) is 88.6 Å². The van der Waals surface area contributed by atoms with Crippen LogP contribution in [0.25, 0.3) is 28.0 Å². The second-order valence-corrected chi connectivity index (χ2v) is 8.99. The number of carbonyl (C=O) groups is 1. The van der Waals surface area contributed by atoms with E-state index in [1.54, 1.807) is 12.1 Å². The molecule has 11 nitrogen and oxygen atoms in total. The van der Waals surface area contributed by atoms with Gasteiger partial charge in [-0.25, -0.2) is 32.5 Å². The molecule has 5 aromatic rings. The number of nitrogens with zero attached hydrogens (tertiary/aromatic N) is 6. The number of benzene rings is 1. The Morgan fingerprint density at radius 2 is 1.86 bits per heavy atom. The van der Waals surface area contributed by atoms with Crippen molar-refractivity contribution in [3.8, 4) is 16.9 Å². The van der Waals surface area contributed by atoms with E-state index in [1.807, 2.05) is 0 Å². The van der Waals surface area contributed by atoms with Crippen molar-refractivity contribution in [2.75, 3.05) is 24.8 Å². The number of hydrogen-bond acceptors (Lipinski definition) is 8. The van der Waals surface area contributed by atoms with E-state index < -0.39 is 30.0 Å². The molecule has 0 spiro atoms. The van der Waals surface area contributed by atoms with Gasteiger partial charge < -0.3 is 15.8 Å². The lowest BCUT2D eigenvalue weighted by atomic mass is 10.1. The predicted octanol–water partition coefficient (Wildman–Crippen LogP) is 3.93. The number of methoxy groups -OCH3 is 1. The van der Waals surface area contributed by atoms with Crippen LogP contribution in [-0.2, 0) is 11.2 Å². The Balaban J connectivity index is 1.46. The molecule has 4 heterocycles. The van der Waals surface area contributed by atoms with Gasteiger partial charge >= 0.3 is 0 Å². The van der Waals surface area contributed by atoms with Gasteiger partial charge in [0.2, 0.25) is 6.30 Å². The molecule has 5 rings (SSSR count). The number of hydrogen-bond donors (Lipinski definition) is 2. The molecule has 1 aromatic carbocycles. The Labute approximate surface area is 234 Å². The molecular weight excluding hydrogens is 560 g/mol. The first kappa shape index (κ1) is 28.4. The van der Waals surface area contributed by atoms with E-state index in [-0.39, 0.29) is 46.9 Å². The summed E-state index contributed by atoms with van der Waals surface area (Å²) in [5.74, 6) is -1.37. The molecule has 4 aromatic heterocycles. The molecule has 0 radical (unpaired) electrons. The van der Waals surface area contributed by atoms with Crippen molar-refractivity contribution in [2.45, 2.75) is 19.1 Å². The number of carbonyl (C=O) groups excluding carboxylic acids is 1. The van der Waals surface area contributed by atoms with Gasteiger partial charge in [-0.15, -0.1) is 0 Å². The van der Waals surface area contributed by atoms with Gasteiger partial charge in [-0.05, 0) is 35.9 Å². The Morgan fingerprint density at radius 3 is 2.52 bits per heavy atom. The zero-order valence-corrected chi connectivity index (χ0v) is 21.8. The zero-order chi connectivity index (χ0) is 30.0. The number of anilines is 2. The van der Waals surface area contributed by atoms with E-state index in [0.717, 1.165) is 23.3 Å². The van der Waals surface area contributed by atoms with Crippen molar-refractivity contribution in [1.29, 1.82) is 0 Å². The summed E-state index contributed by atoms with van der Waals surface area (Å²) < 4.78 is 60.7. The van der Waals surface area contributed by atoms with Crippen LogP contribution in [0.4, 0.5) is 29.1 Å². The Hall–Kier alpha value is -5.18. The summed E-state index contributed by atoms with van der Waals surface area (Å²) in [6.45, 7) is 0.261. The summed E-state index contributed by atoms with van der Waals surface area (Å²) in [7, 11) is 1.49. The van der Waals surface area contributed by atoms with Gasteiger partial charge in [-0.1, -0.05) is 12.1 Å². The molecule has 3 N–H and O–H groups in total. The average molecular weight is 583 g/mol. The lowest BCUT2D eigenvalue weighted by molar-refractivity contribution is 0.0104. The van der Waals surface area contributed by atoms with Gasteiger partial charge in [0, 0.05) is 31.0 Å². The third-order valence-electron chi connectivity index (χ3n) is 6.26. The third-order valence-corrected chi connectivity index (χ3v) is 6.26. The highest BCUT2D eigenvalue weighted by atomic mass is 19.3. The molecule has 0 bridgehead atoms. The van der Waals surface area contributed by atoms with Crippen LogP contribution in [0.2, 0.25) is 0 Å². The molecule has 1 atom stereocenters. The third kappa shape index (κ3) is 5.54. The smallest absolute Gasteiger partial charge is 0.288 e. The summed E-state index contributed by atoms with van der Waals surface area (Å²) in [4.78, 5) is 38.1. The first-order chi connectivity index (χ1) is 20.2. The van der Waals surface area contributed by atoms with E-state index in [4.69, 9.17) is 10.5 Å². The van der Waals surface area contributed by atoms with Gasteiger partial charge in [0.25, 0.3) is 17.9 Å². The highest BCUT2D eigenvalue weighted by Gasteiger charge is 2.26. The number of nitrogens with two attached hydrogens (primary N) is 1. The van der Waals surface area contributed by atoms with Gasteiger partial charge in [-0.3, -0.25) is 14.2 Å². The molecule has 0 saturated carbocycles. The van der Waals surface area contributed by atoms with Gasteiger partial charge in [0.15, 0.2) is 5.82 Å². The molecule has 0 aliphatic carbocycles. The van der Waals surface area contributed by atoms with Crippen LogP contribution in [0.1, 0.15) is 22.3 Å². The van der Waals surface area contributed by atoms with E-state index in [1.165, 1.54) is 37.6 Å². The lowest BCUT2D eigenvalue weighted by Gasteiger charge is -2.11. The zero-order valence-electron chi connectivity index (χ0n) is 21.8. The summed E-state index contributed by atoms with van der Waals surface area (Å²) in [5.41, 5.74) is 6.23. The summed E-state index contributed by atoms with van der Waals surface area (Å²) in [6.07, 6.45) is -2.53. The highest BCUT2D eigenvalue weighted by molar-refractivity contribution is 6.04. The first-order valence-electron chi connectivity index (χ1n) is 12.4. The van der Waals surface area contributed by atoms with Crippen molar-refractivity contribution < 1.29 is 27.1 Å². The quantitative estimate of drug-likeness (QED) is 0.249. The molecule has 0 fully saturated rings. The topological polar surface area (TPSA) is 143 Å². The average Bonchev–Trinajstić information content (AvgIpc) is 3.38. The molecule has 216 valence electrons. The van der Waals surface area contributed by atoms with E-state index in [0.29, 0.717) is 21.4 Å². The fourth-order valence-corrected chi connectivity index (χ4v) is 4.25. The fourth-order valence-electron chi connectivity index (χ4n) is 4.25. The Kier molecular flexibility index (Phi) is 7.93. The minimum absolute atomic E-state index is 0.0174. The Bertz CT molecular complexity index is 1810. The fraction of sp³-hybridized carbons (Fsp3) is 0.185. The molecule has 1 amide bonds. The number of ether oxygens (including phenoxy) is 1. The number of rotatable bonds is 9. The van der Waals surface area contributed by atoms with Crippen LogP contribution in [0.5, 0.6) is 0 Å². The van der Waals surface area contributed by atoms with E-state index >= 15 is 0 Å². The summed E-state index contributed by atoms with van der Waals surface area (Å²) in [5, 5.41) is 7.04. The van der Waals surface area contributed by atoms with Crippen LogP contribution >= 0.6 is 0 Å². The largest absolute Gasteiger partial charge is 0.384 e. The number of nitrogens with one attached hydrogen (secondary N) is 1. The Morgan fingerprint density at radius 1 is 1.10 bits per heavy atom. The summed E-state index contributed by atoms with van der Waals surface area (Å²) >= 11 is 0. The van der Waals surface area contributed by atoms with Crippen molar-refractivity contribution >= 4 is 28.4 Å². The van der Waals surface area contributed by atoms with Crippen LogP contribution in [-0.4, -0.2) is 55.3 Å². The maximum absolute atomic E-state index is 14.3. The van der Waals surface area contributed by atoms with Crippen molar-refractivity contribution in [3.63, 3.8) is 0 Å². The monoisotopic (exact) mass is 582 g/mol. The second-order valence-electron chi connectivity index (χ2n) is 8.99. The van der Waals surface area contributed by atoms with Crippen LogP contribution < -0.4 is 16.6 Å². The van der Waals surface area contributed by atoms with Gasteiger partial charge in [0.1, 0.15) is 29.2 Å². The molecule has 1 unspecified atom stereocenters. The van der Waals surface area contributed by atoms with Gasteiger partial charge in [0.05, 0.1) is 23.9 Å². The minimum Gasteiger partial charge on any atom is -0.384 e. The van der Waals surface area contributed by atoms with Crippen LogP contribution in [0.3, 0.4) is 0 Å². The van der Waals surface area contributed by atoms with Crippen LogP contribution in [0, 0.1) is 5.82 Å². The first-order valence-corrected chi connectivity index (χ1v) is 12.4. The molecule has 0 aliphatic heterocycles. The number of aromatic nitrogens is 6. The molecule has 42 heavy (non-hydrogen) atoms. The van der Waals surface area contributed by atoms with Crippen molar-refractivity contribution in [1.82, 2.24) is 29.3 Å². The lowest BCUT2D eigenvalue weighted by Crippen LogP contribution is -2.31. The SMILES string of the molecule is COCCc1cc(C(=O)Nc2ccc(-c3cn(C(F)C(F)F)c4ncnc(N)c34)cc2)c(=O)n(-c2ccc(F)cn2)n1. The molecule has 0 aliphatic rings. The molecule has 15 heteroatoms. The number of amides is 1.